The highest BCUT2D eigenvalue weighted by Gasteiger charge is 2.51. The third-order valence-electron chi connectivity index (χ3n) is 9.70. The Kier molecular flexibility index (Phi) is 8.09. The number of aromatic nitrogens is 4. The molecule has 4 aromatic rings. The number of pyridine rings is 2. The lowest BCUT2D eigenvalue weighted by Gasteiger charge is -2.25. The summed E-state index contributed by atoms with van der Waals surface area (Å²) in [5.41, 5.74) is 5.99. The lowest BCUT2D eigenvalue weighted by atomic mass is 9.79. The Bertz CT molecular complexity index is 1930. The van der Waals surface area contributed by atoms with E-state index in [4.69, 9.17) is 4.74 Å². The number of hydrogen-bond acceptors (Lipinski definition) is 7. The van der Waals surface area contributed by atoms with Crippen LogP contribution in [0, 0.1) is 6.92 Å². The van der Waals surface area contributed by atoms with E-state index < -0.39 is 17.4 Å². The first-order valence-electron chi connectivity index (χ1n) is 16.2. The largest absolute Gasteiger partial charge is 0.377 e. The highest BCUT2D eigenvalue weighted by Crippen LogP contribution is 2.47. The van der Waals surface area contributed by atoms with E-state index in [1.165, 1.54) is 0 Å². The summed E-state index contributed by atoms with van der Waals surface area (Å²) in [4.78, 5) is 51.9. The summed E-state index contributed by atoms with van der Waals surface area (Å²) in [6.07, 6.45) is 13.0. The predicted molar refractivity (Wildman–Crippen MR) is 178 cm³/mol. The van der Waals surface area contributed by atoms with Crippen LogP contribution >= 0.6 is 0 Å². The molecule has 0 radical (unpaired) electrons. The van der Waals surface area contributed by atoms with Crippen molar-refractivity contribution < 1.29 is 19.1 Å². The molecule has 242 valence electrons. The Hall–Kier alpha value is -4.90. The third-order valence-corrected chi connectivity index (χ3v) is 9.70. The average Bonchev–Trinajstić information content (AvgIpc) is 3.71. The first kappa shape index (κ1) is 30.7. The molecule has 7 rings (SSSR count). The topological polar surface area (TPSA) is 131 Å². The van der Waals surface area contributed by atoms with Gasteiger partial charge in [0.15, 0.2) is 0 Å². The van der Waals surface area contributed by atoms with E-state index in [1.54, 1.807) is 30.4 Å². The van der Waals surface area contributed by atoms with Crippen LogP contribution < -0.4 is 10.6 Å². The Balaban J connectivity index is 1.20. The van der Waals surface area contributed by atoms with Gasteiger partial charge in [-0.15, -0.1) is 0 Å². The quantitative estimate of drug-likeness (QED) is 0.344. The number of likely N-dealkylation sites (N-methyl/N-ethyl adjacent to an activating group) is 1. The minimum Gasteiger partial charge on any atom is -0.377 e. The molecule has 0 saturated heterocycles. The van der Waals surface area contributed by atoms with Gasteiger partial charge in [-0.3, -0.25) is 24.0 Å². The minimum atomic E-state index is -0.817. The molecule has 0 unspecified atom stereocenters. The van der Waals surface area contributed by atoms with Gasteiger partial charge in [0.2, 0.25) is 11.8 Å². The summed E-state index contributed by atoms with van der Waals surface area (Å²) in [5, 5.41) is 11.4. The molecule has 47 heavy (non-hydrogen) atoms. The first-order valence-corrected chi connectivity index (χ1v) is 16.2. The van der Waals surface area contributed by atoms with Crippen LogP contribution in [-0.4, -0.2) is 75.2 Å². The van der Waals surface area contributed by atoms with Gasteiger partial charge in [-0.25, -0.2) is 4.98 Å². The van der Waals surface area contributed by atoms with E-state index in [2.05, 4.69) is 31.8 Å². The van der Waals surface area contributed by atoms with Crippen molar-refractivity contribution in [3.8, 4) is 0 Å². The SMILES string of the molecule is Cc1cc(C[C@H]2NC(=O)c3cc4c(cn3)C[C@@]3(C4)C(=O)Nc4ncc(cc43)/C=C\COCCCCCN(C)C2=O)cc2cnn(C)c12. The van der Waals surface area contributed by atoms with E-state index in [9.17, 15) is 14.4 Å². The van der Waals surface area contributed by atoms with Crippen molar-refractivity contribution in [1.82, 2.24) is 30.0 Å². The van der Waals surface area contributed by atoms with Crippen molar-refractivity contribution in [2.75, 3.05) is 32.1 Å². The smallest absolute Gasteiger partial charge is 0.270 e. The molecule has 1 spiro atoms. The molecule has 2 aliphatic heterocycles. The van der Waals surface area contributed by atoms with Crippen molar-refractivity contribution >= 4 is 40.5 Å². The standard InChI is InChI=1S/C36H39N7O4/c1-22-12-24(13-26-21-39-43(3)31(22)26)15-30-34(45)42(2)9-5-4-6-10-47-11-7-8-23-14-28-32(38-19-23)41-35(46)36(28)17-25-16-29(33(44)40-30)37-20-27(25)18-36/h7-8,12-14,16,19-21,30H,4-6,9-11,15,17-18H2,1-3H3,(H,40,44)(H,38,41,46)/b8-7-/t30-,36-/m1/s1. The second-order valence-corrected chi connectivity index (χ2v) is 13.0. The molecule has 0 saturated carbocycles. The normalized spacial score (nSPS) is 22.6. The van der Waals surface area contributed by atoms with Crippen LogP contribution in [0.4, 0.5) is 5.82 Å². The highest BCUT2D eigenvalue weighted by molar-refractivity contribution is 6.06. The molecule has 2 N–H and O–H groups in total. The Morgan fingerprint density at radius 2 is 1.83 bits per heavy atom. The van der Waals surface area contributed by atoms with Gasteiger partial charge in [0.05, 0.1) is 23.7 Å². The van der Waals surface area contributed by atoms with E-state index in [0.29, 0.717) is 44.8 Å². The lowest BCUT2D eigenvalue weighted by molar-refractivity contribution is -0.132. The zero-order chi connectivity index (χ0) is 32.7. The van der Waals surface area contributed by atoms with Crippen LogP contribution in [-0.2, 0) is 46.1 Å². The molecule has 5 bridgehead atoms. The Morgan fingerprint density at radius 3 is 2.70 bits per heavy atom. The highest BCUT2D eigenvalue weighted by atomic mass is 16.5. The molecule has 2 atom stereocenters. The molecule has 3 aromatic heterocycles. The van der Waals surface area contributed by atoms with Gasteiger partial charge < -0.3 is 20.3 Å². The maximum Gasteiger partial charge on any atom is 0.270 e. The maximum atomic E-state index is 13.9. The zero-order valence-electron chi connectivity index (χ0n) is 27.0. The number of hydrogen-bond donors (Lipinski definition) is 2. The molecular weight excluding hydrogens is 594 g/mol. The summed E-state index contributed by atoms with van der Waals surface area (Å²) in [6, 6.07) is 7.07. The van der Waals surface area contributed by atoms with Crippen molar-refractivity contribution in [2.45, 2.75) is 56.9 Å². The van der Waals surface area contributed by atoms with Crippen LogP contribution in [0.15, 0.2) is 48.9 Å². The number of nitrogens with zero attached hydrogens (tertiary/aromatic N) is 5. The number of benzene rings is 1. The lowest BCUT2D eigenvalue weighted by Crippen LogP contribution is -2.49. The van der Waals surface area contributed by atoms with Crippen molar-refractivity contribution in [1.29, 1.82) is 0 Å². The number of fused-ring (bicyclic) bond motifs is 3. The van der Waals surface area contributed by atoms with Crippen LogP contribution in [0.5, 0.6) is 0 Å². The number of rotatable bonds is 2. The minimum absolute atomic E-state index is 0.101. The van der Waals surface area contributed by atoms with Crippen LogP contribution in [0.3, 0.4) is 0 Å². The van der Waals surface area contributed by atoms with Gasteiger partial charge in [-0.05, 0) is 85.0 Å². The van der Waals surface area contributed by atoms with Gasteiger partial charge in [0, 0.05) is 57.0 Å². The molecule has 0 fully saturated rings. The maximum absolute atomic E-state index is 13.9. The van der Waals surface area contributed by atoms with Crippen molar-refractivity contribution in [2.24, 2.45) is 7.05 Å². The Morgan fingerprint density at radius 1 is 0.979 bits per heavy atom. The zero-order valence-corrected chi connectivity index (χ0v) is 27.0. The van der Waals surface area contributed by atoms with Crippen molar-refractivity contribution in [3.05, 3.63) is 88.0 Å². The number of carbonyl (C=O) groups excluding carboxylic acids is 3. The van der Waals surface area contributed by atoms with Crippen LogP contribution in [0.25, 0.3) is 17.0 Å². The third kappa shape index (κ3) is 5.80. The number of aryl methyl sites for hydroxylation is 2. The molecular formula is C36H39N7O4. The second kappa shape index (κ2) is 12.4. The Labute approximate surface area is 273 Å². The van der Waals surface area contributed by atoms with E-state index in [0.717, 1.165) is 63.5 Å². The summed E-state index contributed by atoms with van der Waals surface area (Å²) >= 11 is 0. The number of carbonyl (C=O) groups is 3. The number of amides is 3. The predicted octanol–water partition coefficient (Wildman–Crippen LogP) is 3.67. The molecule has 1 aliphatic carbocycles. The average molecular weight is 634 g/mol. The fraction of sp³-hybridized carbons (Fsp3) is 0.389. The first-order chi connectivity index (χ1) is 22.7. The number of ether oxygens (including phenoxy) is 1. The van der Waals surface area contributed by atoms with Gasteiger partial charge in [-0.2, -0.15) is 5.10 Å². The van der Waals surface area contributed by atoms with E-state index >= 15 is 0 Å². The summed E-state index contributed by atoms with van der Waals surface area (Å²) in [5.74, 6) is -0.115. The molecule has 1 aromatic carbocycles. The van der Waals surface area contributed by atoms with Crippen molar-refractivity contribution in [3.63, 3.8) is 0 Å². The van der Waals surface area contributed by atoms with Crippen LogP contribution in [0.1, 0.15) is 63.1 Å². The summed E-state index contributed by atoms with van der Waals surface area (Å²) in [6.45, 7) is 3.69. The molecule has 11 heteroatoms. The van der Waals surface area contributed by atoms with Gasteiger partial charge >= 0.3 is 0 Å². The number of nitrogens with one attached hydrogen (secondary N) is 2. The van der Waals surface area contributed by atoms with E-state index in [-0.39, 0.29) is 17.5 Å². The van der Waals surface area contributed by atoms with Gasteiger partial charge in [0.1, 0.15) is 17.6 Å². The second-order valence-electron chi connectivity index (χ2n) is 13.0. The summed E-state index contributed by atoms with van der Waals surface area (Å²) in [7, 11) is 3.69. The van der Waals surface area contributed by atoms with Gasteiger partial charge in [0.25, 0.3) is 5.91 Å². The molecule has 5 heterocycles. The van der Waals surface area contributed by atoms with Crippen LogP contribution in [0.2, 0.25) is 0 Å². The molecule has 3 amide bonds. The fourth-order valence-electron chi connectivity index (χ4n) is 7.28. The summed E-state index contributed by atoms with van der Waals surface area (Å²) < 4.78 is 7.66. The molecule has 3 aliphatic rings. The van der Waals surface area contributed by atoms with Gasteiger partial charge in [-0.1, -0.05) is 18.2 Å². The van der Waals surface area contributed by atoms with E-state index in [1.807, 2.05) is 49.1 Å². The molecule has 11 nitrogen and oxygen atoms in total. The number of anilines is 1. The monoisotopic (exact) mass is 633 g/mol. The fourth-order valence-corrected chi connectivity index (χ4v) is 7.28.